The second-order valence-corrected chi connectivity index (χ2v) is 2.94. The first-order chi connectivity index (χ1) is 6.31. The fourth-order valence-corrected chi connectivity index (χ4v) is 1.38. The van der Waals surface area contributed by atoms with Crippen LogP contribution in [0, 0.1) is 18.3 Å². The van der Waals surface area contributed by atoms with Gasteiger partial charge in [-0.2, -0.15) is 5.26 Å². The smallest absolute Gasteiger partial charge is 0.0991 e. The zero-order valence-corrected chi connectivity index (χ0v) is 7.28. The van der Waals surface area contributed by atoms with E-state index in [9.17, 15) is 0 Å². The number of fused-ring (bicyclic) bond motifs is 1. The molecule has 0 saturated carbocycles. The third-order valence-electron chi connectivity index (χ3n) is 2.09. The third kappa shape index (κ3) is 1.25. The van der Waals surface area contributed by atoms with Crippen LogP contribution in [0.3, 0.4) is 0 Å². The van der Waals surface area contributed by atoms with Gasteiger partial charge in [0.25, 0.3) is 0 Å². The van der Waals surface area contributed by atoms with Gasteiger partial charge in [-0.3, -0.25) is 4.98 Å². The van der Waals surface area contributed by atoms with E-state index in [0.29, 0.717) is 5.56 Å². The largest absolute Gasteiger partial charge is 0.261 e. The van der Waals surface area contributed by atoms with Crippen molar-refractivity contribution in [1.29, 1.82) is 5.26 Å². The van der Waals surface area contributed by atoms with Crippen molar-refractivity contribution >= 4 is 10.8 Å². The highest BCUT2D eigenvalue weighted by atomic mass is 14.7. The van der Waals surface area contributed by atoms with Crippen LogP contribution in [0.5, 0.6) is 0 Å². The number of hydrogen-bond donors (Lipinski definition) is 0. The first-order valence-electron chi connectivity index (χ1n) is 4.07. The first kappa shape index (κ1) is 7.75. The summed E-state index contributed by atoms with van der Waals surface area (Å²) in [5.74, 6) is 0. The van der Waals surface area contributed by atoms with Crippen LogP contribution in [0.1, 0.15) is 11.3 Å². The van der Waals surface area contributed by atoms with Crippen LogP contribution in [0.4, 0.5) is 0 Å². The first-order valence-corrected chi connectivity index (χ1v) is 4.07. The van der Waals surface area contributed by atoms with Crippen molar-refractivity contribution in [1.82, 2.24) is 4.98 Å². The molecule has 2 rings (SSSR count). The predicted octanol–water partition coefficient (Wildman–Crippen LogP) is 2.41. The van der Waals surface area contributed by atoms with E-state index < -0.39 is 0 Å². The summed E-state index contributed by atoms with van der Waals surface area (Å²) < 4.78 is 0. The van der Waals surface area contributed by atoms with Crippen LogP contribution in [0.15, 0.2) is 30.5 Å². The Morgan fingerprint density at radius 3 is 2.92 bits per heavy atom. The number of nitrogens with zero attached hydrogens (tertiary/aromatic N) is 2. The minimum Gasteiger partial charge on any atom is -0.261 e. The molecule has 1 heterocycles. The van der Waals surface area contributed by atoms with Gasteiger partial charge in [0.05, 0.1) is 11.6 Å². The Bertz CT molecular complexity index is 495. The third-order valence-corrected chi connectivity index (χ3v) is 2.09. The molecule has 1 aromatic carbocycles. The molecule has 2 heteroatoms. The van der Waals surface area contributed by atoms with Crippen molar-refractivity contribution < 1.29 is 0 Å². The molecule has 0 bridgehead atoms. The lowest BCUT2D eigenvalue weighted by atomic mass is 10.1. The SMILES string of the molecule is Cc1nccc2ccc(C#N)cc12. The predicted molar refractivity (Wildman–Crippen MR) is 51.2 cm³/mol. The van der Waals surface area contributed by atoms with E-state index in [1.54, 1.807) is 6.20 Å². The maximum Gasteiger partial charge on any atom is 0.0991 e. The van der Waals surface area contributed by atoms with Crippen molar-refractivity contribution in [2.45, 2.75) is 6.92 Å². The van der Waals surface area contributed by atoms with Gasteiger partial charge in [0.15, 0.2) is 0 Å². The highest BCUT2D eigenvalue weighted by molar-refractivity contribution is 5.85. The number of pyridine rings is 1. The molecule has 0 aliphatic carbocycles. The standard InChI is InChI=1S/C11H8N2/c1-8-11-6-9(7-12)2-3-10(11)4-5-13-8/h2-6H,1H3. The lowest BCUT2D eigenvalue weighted by Gasteiger charge is -2.00. The molecular weight excluding hydrogens is 160 g/mol. The molecule has 0 radical (unpaired) electrons. The van der Waals surface area contributed by atoms with E-state index in [-0.39, 0.29) is 0 Å². The number of aryl methyl sites for hydroxylation is 1. The molecule has 1 aromatic heterocycles. The molecule has 0 saturated heterocycles. The molecule has 0 N–H and O–H groups in total. The zero-order valence-electron chi connectivity index (χ0n) is 7.28. The Morgan fingerprint density at radius 1 is 1.31 bits per heavy atom. The van der Waals surface area contributed by atoms with Crippen molar-refractivity contribution in [3.8, 4) is 6.07 Å². The van der Waals surface area contributed by atoms with Gasteiger partial charge >= 0.3 is 0 Å². The number of aromatic nitrogens is 1. The Hall–Kier alpha value is -1.88. The molecule has 0 aliphatic rings. The van der Waals surface area contributed by atoms with Crippen LogP contribution in [-0.4, -0.2) is 4.98 Å². The van der Waals surface area contributed by atoms with Gasteiger partial charge in [0, 0.05) is 17.3 Å². The molecule has 0 atom stereocenters. The minimum atomic E-state index is 0.684. The molecule has 2 nitrogen and oxygen atoms in total. The van der Waals surface area contributed by atoms with Gasteiger partial charge in [-0.1, -0.05) is 6.07 Å². The summed E-state index contributed by atoms with van der Waals surface area (Å²) in [6.07, 6.45) is 1.78. The van der Waals surface area contributed by atoms with Crippen molar-refractivity contribution in [3.05, 3.63) is 41.7 Å². The maximum absolute atomic E-state index is 8.72. The Balaban J connectivity index is 2.84. The van der Waals surface area contributed by atoms with E-state index in [4.69, 9.17) is 5.26 Å². The summed E-state index contributed by atoms with van der Waals surface area (Å²) in [6, 6.07) is 9.71. The molecule has 62 valence electrons. The van der Waals surface area contributed by atoms with Crippen LogP contribution in [-0.2, 0) is 0 Å². The summed E-state index contributed by atoms with van der Waals surface area (Å²) in [5, 5.41) is 10.9. The van der Waals surface area contributed by atoms with Gasteiger partial charge in [0.1, 0.15) is 0 Å². The van der Waals surface area contributed by atoms with Gasteiger partial charge in [-0.05, 0) is 30.5 Å². The number of hydrogen-bond acceptors (Lipinski definition) is 2. The Labute approximate surface area is 76.5 Å². The topological polar surface area (TPSA) is 36.7 Å². The van der Waals surface area contributed by atoms with Crippen LogP contribution >= 0.6 is 0 Å². The monoisotopic (exact) mass is 168 g/mol. The summed E-state index contributed by atoms with van der Waals surface area (Å²) in [4.78, 5) is 4.17. The van der Waals surface area contributed by atoms with E-state index in [1.165, 1.54) is 0 Å². The van der Waals surface area contributed by atoms with Crippen molar-refractivity contribution in [2.75, 3.05) is 0 Å². The fourth-order valence-electron chi connectivity index (χ4n) is 1.38. The lowest BCUT2D eigenvalue weighted by Crippen LogP contribution is -1.83. The van der Waals surface area contributed by atoms with Crippen molar-refractivity contribution in [2.24, 2.45) is 0 Å². The number of benzene rings is 1. The number of rotatable bonds is 0. The summed E-state index contributed by atoms with van der Waals surface area (Å²) in [7, 11) is 0. The normalized spacial score (nSPS) is 9.85. The van der Waals surface area contributed by atoms with E-state index >= 15 is 0 Å². The second kappa shape index (κ2) is 2.87. The second-order valence-electron chi connectivity index (χ2n) is 2.94. The molecule has 13 heavy (non-hydrogen) atoms. The fraction of sp³-hybridized carbons (Fsp3) is 0.0909. The van der Waals surface area contributed by atoms with Crippen LogP contribution in [0.2, 0.25) is 0 Å². The Morgan fingerprint density at radius 2 is 2.15 bits per heavy atom. The molecule has 0 amide bonds. The van der Waals surface area contributed by atoms with Gasteiger partial charge in [-0.25, -0.2) is 0 Å². The molecule has 0 spiro atoms. The highest BCUT2D eigenvalue weighted by Crippen LogP contribution is 2.17. The quantitative estimate of drug-likeness (QED) is 0.605. The molecular formula is C11H8N2. The summed E-state index contributed by atoms with van der Waals surface area (Å²) in [5.41, 5.74) is 1.65. The molecule has 0 fully saturated rings. The van der Waals surface area contributed by atoms with E-state index in [2.05, 4.69) is 11.1 Å². The van der Waals surface area contributed by atoms with Crippen LogP contribution < -0.4 is 0 Å². The van der Waals surface area contributed by atoms with Crippen molar-refractivity contribution in [3.63, 3.8) is 0 Å². The number of nitriles is 1. The average molecular weight is 168 g/mol. The van der Waals surface area contributed by atoms with Gasteiger partial charge in [0.2, 0.25) is 0 Å². The average Bonchev–Trinajstić information content (AvgIpc) is 2.18. The van der Waals surface area contributed by atoms with E-state index in [0.717, 1.165) is 16.5 Å². The summed E-state index contributed by atoms with van der Waals surface area (Å²) in [6.45, 7) is 1.95. The lowest BCUT2D eigenvalue weighted by molar-refractivity contribution is 1.23. The van der Waals surface area contributed by atoms with E-state index in [1.807, 2.05) is 31.2 Å². The highest BCUT2D eigenvalue weighted by Gasteiger charge is 1.98. The maximum atomic E-state index is 8.72. The molecule has 0 aliphatic heterocycles. The molecule has 0 unspecified atom stereocenters. The Kier molecular flexibility index (Phi) is 1.71. The van der Waals surface area contributed by atoms with Gasteiger partial charge < -0.3 is 0 Å². The summed E-state index contributed by atoms with van der Waals surface area (Å²) >= 11 is 0. The van der Waals surface area contributed by atoms with Gasteiger partial charge in [-0.15, -0.1) is 0 Å². The molecule has 2 aromatic rings. The zero-order chi connectivity index (χ0) is 9.26. The minimum absolute atomic E-state index is 0.684. The van der Waals surface area contributed by atoms with Crippen LogP contribution in [0.25, 0.3) is 10.8 Å².